The molecular weight excluding hydrogens is 153 g/mol. The van der Waals surface area contributed by atoms with Crippen LogP contribution in [-0.2, 0) is 0 Å². The molecule has 0 aromatic carbocycles. The van der Waals surface area contributed by atoms with Gasteiger partial charge in [0.2, 0.25) is 0 Å². The Morgan fingerprint density at radius 2 is 1.33 bits per heavy atom. The maximum Gasteiger partial charge on any atom is 0.0287 e. The Labute approximate surface area is 77.9 Å². The van der Waals surface area contributed by atoms with Crippen molar-refractivity contribution in [3.8, 4) is 0 Å². The molecule has 0 saturated carbocycles. The Morgan fingerprint density at radius 1 is 1.00 bits per heavy atom. The lowest BCUT2D eigenvalue weighted by Crippen LogP contribution is -2.12. The van der Waals surface area contributed by atoms with E-state index in [-0.39, 0.29) is 0 Å². The molecule has 78 valence electrons. The predicted molar refractivity (Wildman–Crippen MR) is 56.0 cm³/mol. The molecule has 0 aromatic rings. The Bertz CT molecular complexity index is 49.1. The first-order chi connectivity index (χ1) is 5.72. The molecule has 0 rings (SSSR count). The van der Waals surface area contributed by atoms with E-state index in [2.05, 4.69) is 13.8 Å². The molecular formula is C10H26FN. The Balaban J connectivity index is -0.000000137. The molecule has 0 bridgehead atoms. The van der Waals surface area contributed by atoms with Crippen molar-refractivity contribution in [3.05, 3.63) is 0 Å². The number of halogens is 1. The van der Waals surface area contributed by atoms with Gasteiger partial charge in [0.1, 0.15) is 0 Å². The smallest absolute Gasteiger partial charge is 0.0287 e. The third kappa shape index (κ3) is 32.7. The van der Waals surface area contributed by atoms with Crippen molar-refractivity contribution in [2.45, 2.75) is 54.4 Å². The summed E-state index contributed by atoms with van der Waals surface area (Å²) in [7, 11) is 0. The highest BCUT2D eigenvalue weighted by Gasteiger charge is 1.91. The molecule has 0 heterocycles. The second kappa shape index (κ2) is 22.4. The van der Waals surface area contributed by atoms with E-state index in [1.165, 1.54) is 6.42 Å². The van der Waals surface area contributed by atoms with Gasteiger partial charge in [0, 0.05) is 13.1 Å². The van der Waals surface area contributed by atoms with E-state index in [9.17, 15) is 4.48 Å². The van der Waals surface area contributed by atoms with Gasteiger partial charge in [-0.05, 0) is 13.3 Å². The summed E-state index contributed by atoms with van der Waals surface area (Å²) < 4.78 is 12.0. The SMILES string of the molecule is CC.CCC.CCCN(F)CC. The summed E-state index contributed by atoms with van der Waals surface area (Å²) in [4.78, 5) is 0. The molecule has 0 aliphatic rings. The van der Waals surface area contributed by atoms with Crippen molar-refractivity contribution in [1.29, 1.82) is 0 Å². The largest absolute Gasteiger partial charge is 0.147 e. The van der Waals surface area contributed by atoms with Crippen LogP contribution >= 0.6 is 0 Å². The monoisotopic (exact) mass is 179 g/mol. The second-order valence-electron chi connectivity index (χ2n) is 2.21. The first kappa shape index (κ1) is 17.8. The van der Waals surface area contributed by atoms with E-state index in [1.807, 2.05) is 20.8 Å². The van der Waals surface area contributed by atoms with Crippen LogP contribution in [0.5, 0.6) is 0 Å². The first-order valence-corrected chi connectivity index (χ1v) is 5.13. The van der Waals surface area contributed by atoms with Gasteiger partial charge in [-0.15, -0.1) is 9.60 Å². The van der Waals surface area contributed by atoms with Gasteiger partial charge in [-0.3, -0.25) is 0 Å². The lowest BCUT2D eigenvalue weighted by molar-refractivity contribution is 0.0323. The van der Waals surface area contributed by atoms with E-state index in [0.717, 1.165) is 11.5 Å². The summed E-state index contributed by atoms with van der Waals surface area (Å²) in [5.74, 6) is 0. The first-order valence-electron chi connectivity index (χ1n) is 5.13. The Kier molecular flexibility index (Phi) is 33.4. The van der Waals surface area contributed by atoms with Crippen LogP contribution in [0.15, 0.2) is 0 Å². The van der Waals surface area contributed by atoms with Gasteiger partial charge in [-0.1, -0.05) is 41.0 Å². The average Bonchev–Trinajstić information content (AvgIpc) is 2.10. The Morgan fingerprint density at radius 3 is 1.42 bits per heavy atom. The molecule has 0 atom stereocenters. The van der Waals surface area contributed by atoms with Gasteiger partial charge >= 0.3 is 0 Å². The third-order valence-corrected chi connectivity index (χ3v) is 0.809. The summed E-state index contributed by atoms with van der Waals surface area (Å²) in [6.07, 6.45) is 2.14. The maximum atomic E-state index is 12.0. The quantitative estimate of drug-likeness (QED) is 0.591. The van der Waals surface area contributed by atoms with E-state index in [1.54, 1.807) is 6.92 Å². The van der Waals surface area contributed by atoms with Gasteiger partial charge in [0.15, 0.2) is 0 Å². The van der Waals surface area contributed by atoms with Gasteiger partial charge in [-0.25, -0.2) is 0 Å². The van der Waals surface area contributed by atoms with Gasteiger partial charge in [-0.2, -0.15) is 0 Å². The van der Waals surface area contributed by atoms with E-state index >= 15 is 0 Å². The molecule has 0 spiro atoms. The number of hydrogen-bond donors (Lipinski definition) is 0. The molecule has 0 amide bonds. The van der Waals surface area contributed by atoms with Crippen molar-refractivity contribution >= 4 is 0 Å². The zero-order valence-electron chi connectivity index (χ0n) is 9.65. The highest BCUT2D eigenvalue weighted by Crippen LogP contribution is 1.87. The molecule has 0 fully saturated rings. The molecule has 0 radical (unpaired) electrons. The van der Waals surface area contributed by atoms with Crippen LogP contribution in [-0.4, -0.2) is 18.2 Å². The van der Waals surface area contributed by atoms with Gasteiger partial charge < -0.3 is 0 Å². The van der Waals surface area contributed by atoms with E-state index in [4.69, 9.17) is 0 Å². The third-order valence-electron chi connectivity index (χ3n) is 0.809. The van der Waals surface area contributed by atoms with Crippen LogP contribution in [0.2, 0.25) is 0 Å². The van der Waals surface area contributed by atoms with E-state index < -0.39 is 0 Å². The van der Waals surface area contributed by atoms with Crippen LogP contribution in [0.25, 0.3) is 0 Å². The zero-order valence-corrected chi connectivity index (χ0v) is 9.65. The molecule has 0 aromatic heterocycles. The molecule has 0 aliphatic carbocycles. The highest BCUT2D eigenvalue weighted by atomic mass is 19.2. The maximum absolute atomic E-state index is 12.0. The lowest BCUT2D eigenvalue weighted by Gasteiger charge is -2.03. The minimum Gasteiger partial charge on any atom is -0.147 e. The minimum atomic E-state index is 0.508. The fourth-order valence-electron chi connectivity index (χ4n) is 0.401. The summed E-state index contributed by atoms with van der Waals surface area (Å²) in [5.41, 5.74) is 0. The summed E-state index contributed by atoms with van der Waals surface area (Å²) in [6.45, 7) is 13.1. The average molecular weight is 179 g/mol. The standard InChI is InChI=1S/C5H12FN.C3H8.C2H6/c1-3-5-7(6)4-2;1-3-2;1-2/h3-5H2,1-2H3;3H2,1-2H3;1-2H3. The molecule has 0 saturated heterocycles. The summed E-state index contributed by atoms with van der Waals surface area (Å²) >= 11 is 0. The van der Waals surface area contributed by atoms with E-state index in [0.29, 0.717) is 13.1 Å². The number of hydrogen-bond acceptors (Lipinski definition) is 1. The molecule has 0 aliphatic heterocycles. The fraction of sp³-hybridized carbons (Fsp3) is 1.00. The second-order valence-corrected chi connectivity index (χ2v) is 2.21. The topological polar surface area (TPSA) is 3.24 Å². The molecule has 1 nitrogen and oxygen atoms in total. The molecule has 2 heteroatoms. The normalized spacial score (nSPS) is 8.00. The van der Waals surface area contributed by atoms with Crippen LogP contribution in [0.3, 0.4) is 0 Å². The molecule has 12 heavy (non-hydrogen) atoms. The number of nitrogens with zero attached hydrogens (tertiary/aromatic N) is 1. The van der Waals surface area contributed by atoms with Crippen molar-refractivity contribution in [1.82, 2.24) is 5.12 Å². The molecule has 0 unspecified atom stereocenters. The van der Waals surface area contributed by atoms with Crippen molar-refractivity contribution in [2.24, 2.45) is 0 Å². The van der Waals surface area contributed by atoms with Crippen LogP contribution in [0.4, 0.5) is 4.48 Å². The summed E-state index contributed by atoms with van der Waals surface area (Å²) in [6, 6.07) is 0. The minimum absolute atomic E-state index is 0.508. The summed E-state index contributed by atoms with van der Waals surface area (Å²) in [5, 5.41) is 0.806. The van der Waals surface area contributed by atoms with Crippen LogP contribution in [0.1, 0.15) is 54.4 Å². The number of rotatable bonds is 3. The van der Waals surface area contributed by atoms with Gasteiger partial charge in [0.05, 0.1) is 0 Å². The van der Waals surface area contributed by atoms with Crippen molar-refractivity contribution in [2.75, 3.05) is 13.1 Å². The molecule has 0 N–H and O–H groups in total. The lowest BCUT2D eigenvalue weighted by atomic mass is 10.5. The highest BCUT2D eigenvalue weighted by molar-refractivity contribution is 4.34. The van der Waals surface area contributed by atoms with Gasteiger partial charge in [0.25, 0.3) is 0 Å². The zero-order chi connectivity index (χ0) is 10.4. The van der Waals surface area contributed by atoms with Crippen molar-refractivity contribution < 1.29 is 4.48 Å². The van der Waals surface area contributed by atoms with Crippen LogP contribution < -0.4 is 0 Å². The Hall–Kier alpha value is -0.110. The van der Waals surface area contributed by atoms with Crippen LogP contribution in [0, 0.1) is 0 Å². The van der Waals surface area contributed by atoms with Crippen molar-refractivity contribution in [3.63, 3.8) is 0 Å². The predicted octanol–water partition coefficient (Wildman–Crippen LogP) is 4.05. The fourth-order valence-corrected chi connectivity index (χ4v) is 0.401.